The van der Waals surface area contributed by atoms with E-state index < -0.39 is 0 Å². The van der Waals surface area contributed by atoms with Gasteiger partial charge in [0.2, 0.25) is 5.95 Å². The highest BCUT2D eigenvalue weighted by Crippen LogP contribution is 2.30. The van der Waals surface area contributed by atoms with Crippen LogP contribution in [0.15, 0.2) is 30.5 Å². The molecular formula is C18H22N4O3. The first-order valence-electron chi connectivity index (χ1n) is 8.32. The number of nitrogens with zero attached hydrogens (tertiary/aromatic N) is 2. The highest BCUT2D eigenvalue weighted by Gasteiger charge is 2.19. The average Bonchev–Trinajstić information content (AvgIpc) is 3.14. The molecule has 1 aliphatic carbocycles. The van der Waals surface area contributed by atoms with E-state index in [1.54, 1.807) is 38.6 Å². The Morgan fingerprint density at radius 2 is 1.88 bits per heavy atom. The molecule has 3 rings (SSSR count). The molecule has 132 valence electrons. The van der Waals surface area contributed by atoms with E-state index in [2.05, 4.69) is 20.6 Å². The number of anilines is 2. The van der Waals surface area contributed by atoms with E-state index in [1.165, 1.54) is 12.8 Å². The summed E-state index contributed by atoms with van der Waals surface area (Å²) in [6.07, 6.45) is 5.97. The molecule has 1 heterocycles. The number of ether oxygens (including phenoxy) is 2. The van der Waals surface area contributed by atoms with Crippen molar-refractivity contribution in [3.05, 3.63) is 36.2 Å². The predicted octanol–water partition coefficient (Wildman–Crippen LogP) is 2.91. The molecule has 25 heavy (non-hydrogen) atoms. The van der Waals surface area contributed by atoms with Gasteiger partial charge in [0, 0.05) is 24.0 Å². The van der Waals surface area contributed by atoms with Crippen LogP contribution in [-0.2, 0) is 0 Å². The van der Waals surface area contributed by atoms with Crippen LogP contribution in [0, 0.1) is 0 Å². The fourth-order valence-corrected chi connectivity index (χ4v) is 2.92. The summed E-state index contributed by atoms with van der Waals surface area (Å²) in [6.45, 7) is 0. The average molecular weight is 342 g/mol. The number of hydrogen-bond acceptors (Lipinski definition) is 6. The molecule has 0 saturated heterocycles. The first-order chi connectivity index (χ1) is 12.2. The molecule has 1 aliphatic rings. The van der Waals surface area contributed by atoms with Gasteiger partial charge in [-0.05, 0) is 31.0 Å². The zero-order chi connectivity index (χ0) is 17.6. The van der Waals surface area contributed by atoms with E-state index in [0.29, 0.717) is 23.1 Å². The summed E-state index contributed by atoms with van der Waals surface area (Å²) in [7, 11) is 3.16. The van der Waals surface area contributed by atoms with Crippen LogP contribution in [0.2, 0.25) is 0 Å². The predicted molar refractivity (Wildman–Crippen MR) is 94.6 cm³/mol. The smallest absolute Gasteiger partial charge is 0.270 e. The maximum Gasteiger partial charge on any atom is 0.270 e. The first kappa shape index (κ1) is 17.0. The second-order valence-electron chi connectivity index (χ2n) is 5.92. The summed E-state index contributed by atoms with van der Waals surface area (Å²) >= 11 is 0. The largest absolute Gasteiger partial charge is 0.493 e. The van der Waals surface area contributed by atoms with E-state index >= 15 is 0 Å². The fraction of sp³-hybridized carbons (Fsp3) is 0.389. The molecular weight excluding hydrogens is 320 g/mol. The van der Waals surface area contributed by atoms with Gasteiger partial charge >= 0.3 is 0 Å². The Labute approximate surface area is 146 Å². The SMILES string of the molecule is COc1ccc(Nc2nccc(C(=O)NC3CCCC3)n2)cc1OC. The molecule has 0 spiro atoms. The number of benzene rings is 1. The maximum absolute atomic E-state index is 12.3. The Bertz CT molecular complexity index is 745. The molecule has 1 saturated carbocycles. The summed E-state index contributed by atoms with van der Waals surface area (Å²) in [5, 5.41) is 6.11. The number of carbonyl (C=O) groups is 1. The fourth-order valence-electron chi connectivity index (χ4n) is 2.92. The van der Waals surface area contributed by atoms with Crippen LogP contribution in [0.4, 0.5) is 11.6 Å². The van der Waals surface area contributed by atoms with Gasteiger partial charge < -0.3 is 20.1 Å². The van der Waals surface area contributed by atoms with Gasteiger partial charge in [-0.3, -0.25) is 4.79 Å². The van der Waals surface area contributed by atoms with Gasteiger partial charge in [-0.1, -0.05) is 12.8 Å². The maximum atomic E-state index is 12.3. The van der Waals surface area contributed by atoms with Crippen molar-refractivity contribution in [3.63, 3.8) is 0 Å². The van der Waals surface area contributed by atoms with E-state index in [-0.39, 0.29) is 11.9 Å². The number of methoxy groups -OCH3 is 2. The highest BCUT2D eigenvalue weighted by atomic mass is 16.5. The van der Waals surface area contributed by atoms with Gasteiger partial charge in [-0.2, -0.15) is 0 Å². The zero-order valence-electron chi connectivity index (χ0n) is 14.4. The molecule has 0 radical (unpaired) electrons. The molecule has 0 bridgehead atoms. The van der Waals surface area contributed by atoms with Gasteiger partial charge in [0.1, 0.15) is 5.69 Å². The lowest BCUT2D eigenvalue weighted by molar-refractivity contribution is 0.0933. The molecule has 0 unspecified atom stereocenters. The molecule has 0 atom stereocenters. The van der Waals surface area contributed by atoms with Gasteiger partial charge in [0.05, 0.1) is 14.2 Å². The highest BCUT2D eigenvalue weighted by molar-refractivity contribution is 5.92. The number of hydrogen-bond donors (Lipinski definition) is 2. The van der Waals surface area contributed by atoms with Crippen molar-refractivity contribution < 1.29 is 14.3 Å². The second-order valence-corrected chi connectivity index (χ2v) is 5.92. The van der Waals surface area contributed by atoms with E-state index in [4.69, 9.17) is 9.47 Å². The van der Waals surface area contributed by atoms with Crippen molar-refractivity contribution >= 4 is 17.5 Å². The Balaban J connectivity index is 1.72. The van der Waals surface area contributed by atoms with Gasteiger partial charge in [-0.15, -0.1) is 0 Å². The van der Waals surface area contributed by atoms with E-state index in [1.807, 2.05) is 6.07 Å². The number of amides is 1. The number of rotatable bonds is 6. The van der Waals surface area contributed by atoms with Crippen molar-refractivity contribution in [2.75, 3.05) is 19.5 Å². The Kier molecular flexibility index (Phi) is 5.33. The zero-order valence-corrected chi connectivity index (χ0v) is 14.4. The van der Waals surface area contributed by atoms with Crippen molar-refractivity contribution in [3.8, 4) is 11.5 Å². The minimum atomic E-state index is -0.162. The van der Waals surface area contributed by atoms with Crippen LogP contribution in [0.25, 0.3) is 0 Å². The normalized spacial score (nSPS) is 14.2. The molecule has 1 aromatic carbocycles. The topological polar surface area (TPSA) is 85.4 Å². The summed E-state index contributed by atoms with van der Waals surface area (Å²) < 4.78 is 10.5. The molecule has 7 nitrogen and oxygen atoms in total. The first-order valence-corrected chi connectivity index (χ1v) is 8.32. The lowest BCUT2D eigenvalue weighted by Crippen LogP contribution is -2.33. The molecule has 2 N–H and O–H groups in total. The lowest BCUT2D eigenvalue weighted by Gasteiger charge is -2.12. The lowest BCUT2D eigenvalue weighted by atomic mass is 10.2. The van der Waals surface area contributed by atoms with Gasteiger partial charge in [-0.25, -0.2) is 9.97 Å². The molecule has 1 fully saturated rings. The van der Waals surface area contributed by atoms with Gasteiger partial charge in [0.15, 0.2) is 11.5 Å². The second kappa shape index (κ2) is 7.83. The number of aromatic nitrogens is 2. The number of carbonyl (C=O) groups excluding carboxylic acids is 1. The minimum Gasteiger partial charge on any atom is -0.493 e. The van der Waals surface area contributed by atoms with E-state index in [9.17, 15) is 4.79 Å². The van der Waals surface area contributed by atoms with Crippen molar-refractivity contribution in [1.29, 1.82) is 0 Å². The van der Waals surface area contributed by atoms with Crippen molar-refractivity contribution in [2.24, 2.45) is 0 Å². The van der Waals surface area contributed by atoms with Crippen LogP contribution < -0.4 is 20.1 Å². The molecule has 1 aromatic heterocycles. The van der Waals surface area contributed by atoms with Crippen molar-refractivity contribution in [1.82, 2.24) is 15.3 Å². The summed E-state index contributed by atoms with van der Waals surface area (Å²) in [5.41, 5.74) is 1.09. The Morgan fingerprint density at radius 1 is 1.12 bits per heavy atom. The third kappa shape index (κ3) is 4.17. The number of nitrogens with one attached hydrogen (secondary N) is 2. The van der Waals surface area contributed by atoms with Crippen LogP contribution in [-0.4, -0.2) is 36.1 Å². The minimum absolute atomic E-state index is 0.162. The van der Waals surface area contributed by atoms with Crippen molar-refractivity contribution in [2.45, 2.75) is 31.7 Å². The molecule has 1 amide bonds. The standard InChI is InChI=1S/C18H22N4O3/c1-24-15-8-7-13(11-16(15)25-2)21-18-19-10-9-14(22-18)17(23)20-12-5-3-4-6-12/h7-12H,3-6H2,1-2H3,(H,20,23)(H,19,21,22). The summed E-state index contributed by atoms with van der Waals surface area (Å²) in [5.74, 6) is 1.43. The van der Waals surface area contributed by atoms with Crippen LogP contribution >= 0.6 is 0 Å². The molecule has 7 heteroatoms. The third-order valence-corrected chi connectivity index (χ3v) is 4.22. The van der Waals surface area contributed by atoms with Gasteiger partial charge in [0.25, 0.3) is 5.91 Å². The summed E-state index contributed by atoms with van der Waals surface area (Å²) in [4.78, 5) is 20.8. The quantitative estimate of drug-likeness (QED) is 0.839. The van der Waals surface area contributed by atoms with Crippen LogP contribution in [0.5, 0.6) is 11.5 Å². The van der Waals surface area contributed by atoms with Crippen LogP contribution in [0.3, 0.4) is 0 Å². The monoisotopic (exact) mass is 342 g/mol. The third-order valence-electron chi connectivity index (χ3n) is 4.22. The molecule has 0 aliphatic heterocycles. The summed E-state index contributed by atoms with van der Waals surface area (Å²) in [6, 6.07) is 7.27. The van der Waals surface area contributed by atoms with Crippen LogP contribution in [0.1, 0.15) is 36.2 Å². The molecule has 2 aromatic rings. The van der Waals surface area contributed by atoms with E-state index in [0.717, 1.165) is 18.5 Å². The Hall–Kier alpha value is -2.83. The Morgan fingerprint density at radius 3 is 2.60 bits per heavy atom.